The lowest BCUT2D eigenvalue weighted by molar-refractivity contribution is -0.130. The third-order valence-electron chi connectivity index (χ3n) is 3.29. The van der Waals surface area contributed by atoms with Crippen LogP contribution >= 0.6 is 22.6 Å². The highest BCUT2D eigenvalue weighted by atomic mass is 127. The van der Waals surface area contributed by atoms with Crippen LogP contribution in [-0.2, 0) is 16.1 Å². The van der Waals surface area contributed by atoms with Crippen molar-refractivity contribution in [2.45, 2.75) is 13.5 Å². The van der Waals surface area contributed by atoms with Crippen LogP contribution in [0.25, 0.3) is 0 Å². The number of rotatable bonds is 6. The van der Waals surface area contributed by atoms with Gasteiger partial charge in [-0.15, -0.1) is 0 Å². The summed E-state index contributed by atoms with van der Waals surface area (Å²) in [6.45, 7) is 5.03. The quantitative estimate of drug-likeness (QED) is 0.301. The lowest BCUT2D eigenvalue weighted by atomic mass is 10.1. The van der Waals surface area contributed by atoms with Gasteiger partial charge in [-0.2, -0.15) is 0 Å². The van der Waals surface area contributed by atoms with E-state index in [9.17, 15) is 14.4 Å². The number of hydrogen-bond acceptors (Lipinski definition) is 5. The number of ether oxygens (including phenoxy) is 2. The van der Waals surface area contributed by atoms with Crippen molar-refractivity contribution in [3.63, 3.8) is 0 Å². The summed E-state index contributed by atoms with van der Waals surface area (Å²) >= 11 is 2.00. The molecule has 2 rings (SSSR count). The number of esters is 2. The van der Waals surface area contributed by atoms with Crippen LogP contribution < -0.4 is 4.74 Å². The fourth-order valence-electron chi connectivity index (χ4n) is 1.98. The van der Waals surface area contributed by atoms with Gasteiger partial charge < -0.3 is 14.6 Å². The monoisotopic (exact) mass is 466 g/mol. The Morgan fingerprint density at radius 1 is 1.12 bits per heavy atom. The average molecular weight is 466 g/mol. The van der Waals surface area contributed by atoms with Gasteiger partial charge in [-0.3, -0.25) is 0 Å². The first-order valence-corrected chi connectivity index (χ1v) is 8.53. The van der Waals surface area contributed by atoms with E-state index in [1.165, 1.54) is 18.2 Å². The number of carbonyl (C=O) groups is 3. The zero-order valence-corrected chi connectivity index (χ0v) is 16.0. The van der Waals surface area contributed by atoms with Crippen molar-refractivity contribution in [1.82, 2.24) is 0 Å². The molecule has 0 aliphatic heterocycles. The molecule has 0 aliphatic rings. The first-order valence-electron chi connectivity index (χ1n) is 7.45. The molecular formula is C19H15IO6. The molecule has 0 aromatic heterocycles. The summed E-state index contributed by atoms with van der Waals surface area (Å²) in [5.74, 6) is -2.07. The highest BCUT2D eigenvalue weighted by Crippen LogP contribution is 2.23. The molecular weight excluding hydrogens is 451 g/mol. The first kappa shape index (κ1) is 19.6. The van der Waals surface area contributed by atoms with Crippen molar-refractivity contribution in [3.8, 4) is 5.75 Å². The molecule has 0 saturated carbocycles. The zero-order chi connectivity index (χ0) is 19.3. The third kappa shape index (κ3) is 4.92. The van der Waals surface area contributed by atoms with Crippen molar-refractivity contribution >= 4 is 40.5 Å². The molecule has 0 unspecified atom stereocenters. The van der Waals surface area contributed by atoms with Gasteiger partial charge in [0, 0.05) is 5.57 Å². The maximum atomic E-state index is 12.1. The van der Waals surface area contributed by atoms with E-state index in [2.05, 4.69) is 6.58 Å². The molecule has 26 heavy (non-hydrogen) atoms. The Balaban J connectivity index is 2.07. The Hall–Kier alpha value is -2.68. The van der Waals surface area contributed by atoms with E-state index in [4.69, 9.17) is 14.6 Å². The van der Waals surface area contributed by atoms with Crippen LogP contribution in [0.3, 0.4) is 0 Å². The Labute approximate surface area is 163 Å². The molecule has 0 saturated heterocycles. The Bertz CT molecular complexity index is 887. The minimum atomic E-state index is -1.20. The lowest BCUT2D eigenvalue weighted by Crippen LogP contribution is -2.12. The van der Waals surface area contributed by atoms with Crippen LogP contribution in [0, 0.1) is 3.57 Å². The second-order valence-electron chi connectivity index (χ2n) is 5.36. The smallest absolute Gasteiger partial charge is 0.339 e. The second-order valence-corrected chi connectivity index (χ2v) is 6.52. The molecule has 2 aromatic carbocycles. The van der Waals surface area contributed by atoms with Gasteiger partial charge in [0.15, 0.2) is 0 Å². The largest absolute Gasteiger partial charge is 0.478 e. The van der Waals surface area contributed by atoms with Crippen molar-refractivity contribution in [1.29, 1.82) is 0 Å². The molecule has 134 valence electrons. The summed E-state index contributed by atoms with van der Waals surface area (Å²) in [6, 6.07) is 10.8. The summed E-state index contributed by atoms with van der Waals surface area (Å²) in [7, 11) is 0. The second kappa shape index (κ2) is 8.61. The van der Waals surface area contributed by atoms with Crippen LogP contribution in [0.15, 0.2) is 54.6 Å². The van der Waals surface area contributed by atoms with Gasteiger partial charge in [0.1, 0.15) is 12.4 Å². The van der Waals surface area contributed by atoms with E-state index in [0.29, 0.717) is 14.9 Å². The fraction of sp³-hybridized carbons (Fsp3) is 0.105. The summed E-state index contributed by atoms with van der Waals surface area (Å²) in [5, 5.41) is 9.12. The Morgan fingerprint density at radius 3 is 2.35 bits per heavy atom. The number of carbonyl (C=O) groups excluding carboxylic acids is 2. The predicted molar refractivity (Wildman–Crippen MR) is 102 cm³/mol. The fourth-order valence-corrected chi connectivity index (χ4v) is 2.67. The third-order valence-corrected chi connectivity index (χ3v) is 4.14. The summed E-state index contributed by atoms with van der Waals surface area (Å²) in [5.41, 5.74) is 0.831. The summed E-state index contributed by atoms with van der Waals surface area (Å²) in [6.07, 6.45) is 0. The van der Waals surface area contributed by atoms with Crippen LogP contribution in [-0.4, -0.2) is 23.0 Å². The molecule has 0 bridgehead atoms. The van der Waals surface area contributed by atoms with E-state index < -0.39 is 17.9 Å². The molecule has 2 aromatic rings. The molecule has 0 heterocycles. The van der Waals surface area contributed by atoms with Crippen molar-refractivity contribution in [2.24, 2.45) is 0 Å². The maximum absolute atomic E-state index is 12.1. The number of carboxylic acids is 1. The van der Waals surface area contributed by atoms with E-state index in [1.54, 1.807) is 31.2 Å². The zero-order valence-electron chi connectivity index (χ0n) is 13.8. The standard InChI is InChI=1S/C19H15IO6/c1-11(2)18(23)26-16-8-7-12(9-15(16)20)10-25-19(24)14-6-4-3-5-13(14)17(21)22/h3-9H,1,10H2,2H3,(H,21,22). The summed E-state index contributed by atoms with van der Waals surface area (Å²) < 4.78 is 11.0. The molecule has 0 atom stereocenters. The Morgan fingerprint density at radius 2 is 1.77 bits per heavy atom. The minimum Gasteiger partial charge on any atom is -0.478 e. The topological polar surface area (TPSA) is 89.9 Å². The molecule has 1 N–H and O–H groups in total. The van der Waals surface area contributed by atoms with Crippen LogP contribution in [0.4, 0.5) is 0 Å². The molecule has 7 heteroatoms. The van der Waals surface area contributed by atoms with E-state index in [-0.39, 0.29) is 23.3 Å². The highest BCUT2D eigenvalue weighted by molar-refractivity contribution is 14.1. The molecule has 0 fully saturated rings. The number of hydrogen-bond donors (Lipinski definition) is 1. The predicted octanol–water partition coefficient (Wildman–Crippen LogP) is 3.83. The summed E-state index contributed by atoms with van der Waals surface area (Å²) in [4.78, 5) is 34.9. The van der Waals surface area contributed by atoms with Crippen molar-refractivity contribution < 1.29 is 29.0 Å². The van der Waals surface area contributed by atoms with Gasteiger partial charge >= 0.3 is 17.9 Å². The Kier molecular flexibility index (Phi) is 6.51. The van der Waals surface area contributed by atoms with Crippen LogP contribution in [0.1, 0.15) is 33.2 Å². The van der Waals surface area contributed by atoms with Gasteiger partial charge in [0.25, 0.3) is 0 Å². The van der Waals surface area contributed by atoms with Crippen molar-refractivity contribution in [2.75, 3.05) is 0 Å². The van der Waals surface area contributed by atoms with Gasteiger partial charge in [-0.1, -0.05) is 24.8 Å². The SMILES string of the molecule is C=C(C)C(=O)Oc1ccc(COC(=O)c2ccccc2C(=O)O)cc1I. The van der Waals surface area contributed by atoms with E-state index in [1.807, 2.05) is 22.6 Å². The number of aromatic carboxylic acids is 1. The van der Waals surface area contributed by atoms with Gasteiger partial charge in [-0.25, -0.2) is 14.4 Å². The molecule has 0 radical (unpaired) electrons. The average Bonchev–Trinajstić information content (AvgIpc) is 2.61. The van der Waals surface area contributed by atoms with Gasteiger partial charge in [0.2, 0.25) is 0 Å². The molecule has 0 aliphatic carbocycles. The van der Waals surface area contributed by atoms with Crippen molar-refractivity contribution in [3.05, 3.63) is 74.9 Å². The lowest BCUT2D eigenvalue weighted by Gasteiger charge is -2.10. The molecule has 6 nitrogen and oxygen atoms in total. The van der Waals surface area contributed by atoms with Crippen LogP contribution in [0.5, 0.6) is 5.75 Å². The number of carboxylic acid groups (broad SMARTS) is 1. The van der Waals surface area contributed by atoms with Crippen LogP contribution in [0.2, 0.25) is 0 Å². The maximum Gasteiger partial charge on any atom is 0.339 e. The number of halogens is 1. The first-order chi connectivity index (χ1) is 12.3. The molecule has 0 spiro atoms. The number of benzene rings is 2. The molecule has 0 amide bonds. The van der Waals surface area contributed by atoms with E-state index in [0.717, 1.165) is 0 Å². The highest BCUT2D eigenvalue weighted by Gasteiger charge is 2.17. The minimum absolute atomic E-state index is 0.0123. The van der Waals surface area contributed by atoms with Gasteiger partial charge in [-0.05, 0) is 59.3 Å². The normalized spacial score (nSPS) is 10.1. The van der Waals surface area contributed by atoms with E-state index >= 15 is 0 Å². The van der Waals surface area contributed by atoms with Gasteiger partial charge in [0.05, 0.1) is 14.7 Å².